The number of likely N-dealkylation sites (tertiary alicyclic amines) is 1. The van der Waals surface area contributed by atoms with E-state index in [0.717, 1.165) is 56.8 Å². The van der Waals surface area contributed by atoms with Crippen LogP contribution in [0.5, 0.6) is 0 Å². The number of carbonyl (C=O) groups is 2. The highest BCUT2D eigenvalue weighted by Crippen LogP contribution is 2.31. The fraction of sp³-hybridized carbons (Fsp3) is 0.458. The molecule has 0 radical (unpaired) electrons. The highest BCUT2D eigenvalue weighted by atomic mass is 19.1. The molecular formula is C24H29FN4O2. The van der Waals surface area contributed by atoms with Crippen molar-refractivity contribution in [2.75, 3.05) is 39.8 Å². The van der Waals surface area contributed by atoms with Gasteiger partial charge in [0.15, 0.2) is 0 Å². The number of hydrogen-bond acceptors (Lipinski definition) is 4. The number of pyridine rings is 1. The molecule has 7 heteroatoms. The van der Waals surface area contributed by atoms with Crippen molar-refractivity contribution in [3.05, 3.63) is 65.2 Å². The molecule has 0 spiro atoms. The summed E-state index contributed by atoms with van der Waals surface area (Å²) in [7, 11) is 2.06. The van der Waals surface area contributed by atoms with Gasteiger partial charge in [0.1, 0.15) is 5.82 Å². The lowest BCUT2D eigenvalue weighted by Gasteiger charge is -2.32. The van der Waals surface area contributed by atoms with E-state index in [-0.39, 0.29) is 23.7 Å². The summed E-state index contributed by atoms with van der Waals surface area (Å²) in [5.74, 6) is -0.160. The molecule has 0 saturated carbocycles. The number of aryl methyl sites for hydroxylation is 1. The number of halogens is 1. The van der Waals surface area contributed by atoms with Crippen molar-refractivity contribution in [3.8, 4) is 0 Å². The van der Waals surface area contributed by atoms with Gasteiger partial charge in [-0.2, -0.15) is 0 Å². The molecule has 2 fully saturated rings. The van der Waals surface area contributed by atoms with Gasteiger partial charge in [0.25, 0.3) is 5.91 Å². The molecule has 6 nitrogen and oxygen atoms in total. The van der Waals surface area contributed by atoms with Crippen LogP contribution in [-0.2, 0) is 11.2 Å². The lowest BCUT2D eigenvalue weighted by molar-refractivity contribution is -0.132. The van der Waals surface area contributed by atoms with Crippen LogP contribution >= 0.6 is 0 Å². The normalized spacial score (nSPS) is 19.6. The summed E-state index contributed by atoms with van der Waals surface area (Å²) in [6.07, 6.45) is 4.45. The van der Waals surface area contributed by atoms with E-state index in [4.69, 9.17) is 0 Å². The number of hydrogen-bond donors (Lipinski definition) is 0. The maximum Gasteiger partial charge on any atom is 0.255 e. The van der Waals surface area contributed by atoms with Crippen LogP contribution in [0.3, 0.4) is 0 Å². The molecule has 2 amide bonds. The molecule has 2 saturated heterocycles. The van der Waals surface area contributed by atoms with E-state index in [9.17, 15) is 14.0 Å². The SMILES string of the molecule is CN1CCN(C(=O)c2ccc([C@@H]3CCCN3C(=O)CCc3ccc(F)cc3)nc2)CC1. The molecule has 1 aromatic carbocycles. The van der Waals surface area contributed by atoms with Crippen LogP contribution in [0.15, 0.2) is 42.6 Å². The molecule has 4 rings (SSSR count). The van der Waals surface area contributed by atoms with E-state index < -0.39 is 0 Å². The number of likely N-dealkylation sites (N-methyl/N-ethyl adjacent to an activating group) is 1. The van der Waals surface area contributed by atoms with E-state index in [0.29, 0.717) is 18.4 Å². The first-order chi connectivity index (χ1) is 15.0. The highest BCUT2D eigenvalue weighted by Gasteiger charge is 2.31. The smallest absolute Gasteiger partial charge is 0.255 e. The van der Waals surface area contributed by atoms with E-state index in [1.165, 1.54) is 12.1 Å². The predicted octanol–water partition coefficient (Wildman–Crippen LogP) is 2.90. The Morgan fingerprint density at radius 2 is 1.77 bits per heavy atom. The summed E-state index contributed by atoms with van der Waals surface area (Å²) < 4.78 is 13.1. The van der Waals surface area contributed by atoms with Crippen LogP contribution < -0.4 is 0 Å². The van der Waals surface area contributed by atoms with Gasteiger partial charge < -0.3 is 14.7 Å². The fourth-order valence-electron chi connectivity index (χ4n) is 4.34. The molecule has 0 unspecified atom stereocenters. The van der Waals surface area contributed by atoms with Crippen LogP contribution in [0, 0.1) is 5.82 Å². The summed E-state index contributed by atoms with van der Waals surface area (Å²) in [5, 5.41) is 0. The maximum atomic E-state index is 13.1. The zero-order valence-corrected chi connectivity index (χ0v) is 18.0. The molecule has 0 aliphatic carbocycles. The second-order valence-corrected chi connectivity index (χ2v) is 8.44. The monoisotopic (exact) mass is 424 g/mol. The highest BCUT2D eigenvalue weighted by molar-refractivity contribution is 5.94. The van der Waals surface area contributed by atoms with Gasteiger partial charge in [0.05, 0.1) is 17.3 Å². The van der Waals surface area contributed by atoms with Crippen molar-refractivity contribution >= 4 is 11.8 Å². The summed E-state index contributed by atoms with van der Waals surface area (Å²) in [4.78, 5) is 36.1. The quantitative estimate of drug-likeness (QED) is 0.741. The van der Waals surface area contributed by atoms with Crippen LogP contribution in [0.25, 0.3) is 0 Å². The number of aromatic nitrogens is 1. The van der Waals surface area contributed by atoms with Gasteiger partial charge in [0.2, 0.25) is 5.91 Å². The van der Waals surface area contributed by atoms with Gasteiger partial charge >= 0.3 is 0 Å². The molecule has 0 bridgehead atoms. The Bertz CT molecular complexity index is 908. The minimum absolute atomic E-state index is 0.0193. The molecule has 2 aliphatic rings. The Morgan fingerprint density at radius 1 is 1.03 bits per heavy atom. The molecule has 2 aliphatic heterocycles. The van der Waals surface area contributed by atoms with Gasteiger partial charge in [-0.05, 0) is 56.1 Å². The van der Waals surface area contributed by atoms with Crippen molar-refractivity contribution in [1.82, 2.24) is 19.7 Å². The average Bonchev–Trinajstić information content (AvgIpc) is 3.29. The van der Waals surface area contributed by atoms with E-state index in [2.05, 4.69) is 16.9 Å². The first kappa shape index (κ1) is 21.4. The lowest BCUT2D eigenvalue weighted by Crippen LogP contribution is -2.47. The first-order valence-corrected chi connectivity index (χ1v) is 11.0. The summed E-state index contributed by atoms with van der Waals surface area (Å²) >= 11 is 0. The third-order valence-electron chi connectivity index (χ3n) is 6.28. The van der Waals surface area contributed by atoms with Gasteiger partial charge in [-0.15, -0.1) is 0 Å². The van der Waals surface area contributed by atoms with E-state index in [1.54, 1.807) is 18.3 Å². The third-order valence-corrected chi connectivity index (χ3v) is 6.28. The molecule has 1 atom stereocenters. The van der Waals surface area contributed by atoms with Crippen molar-refractivity contribution in [2.24, 2.45) is 0 Å². The number of amides is 2. The van der Waals surface area contributed by atoms with Gasteiger partial charge in [-0.1, -0.05) is 12.1 Å². The Hall–Kier alpha value is -2.80. The Kier molecular flexibility index (Phi) is 6.61. The minimum atomic E-state index is -0.268. The third kappa shape index (κ3) is 5.10. The minimum Gasteiger partial charge on any atom is -0.336 e. The van der Waals surface area contributed by atoms with Crippen LogP contribution in [0.4, 0.5) is 4.39 Å². The van der Waals surface area contributed by atoms with Gasteiger partial charge in [-0.25, -0.2) is 4.39 Å². The lowest BCUT2D eigenvalue weighted by atomic mass is 10.1. The molecule has 2 aromatic rings. The van der Waals surface area contributed by atoms with Crippen molar-refractivity contribution in [3.63, 3.8) is 0 Å². The standard InChI is InChI=1S/C24H29FN4O2/c1-27-13-15-28(16-14-27)24(31)19-7-10-21(26-17-19)22-3-2-12-29(22)23(30)11-6-18-4-8-20(25)9-5-18/h4-5,7-10,17,22H,2-3,6,11-16H2,1H3/t22-/m0/s1. The second-order valence-electron chi connectivity index (χ2n) is 8.44. The van der Waals surface area contributed by atoms with Crippen LogP contribution in [0.2, 0.25) is 0 Å². The van der Waals surface area contributed by atoms with E-state index in [1.807, 2.05) is 21.9 Å². The maximum absolute atomic E-state index is 13.1. The molecule has 1 aromatic heterocycles. The van der Waals surface area contributed by atoms with Crippen molar-refractivity contribution < 1.29 is 14.0 Å². The van der Waals surface area contributed by atoms with Crippen LogP contribution in [0.1, 0.15) is 46.9 Å². The van der Waals surface area contributed by atoms with Crippen molar-refractivity contribution in [2.45, 2.75) is 31.7 Å². The summed E-state index contributed by atoms with van der Waals surface area (Å²) in [6, 6.07) is 9.97. The van der Waals surface area contributed by atoms with E-state index >= 15 is 0 Å². The Balaban J connectivity index is 1.37. The Labute approximate surface area is 182 Å². The molecule has 164 valence electrons. The predicted molar refractivity (Wildman–Crippen MR) is 116 cm³/mol. The molecule has 3 heterocycles. The largest absolute Gasteiger partial charge is 0.336 e. The second kappa shape index (κ2) is 9.56. The Morgan fingerprint density at radius 3 is 2.45 bits per heavy atom. The average molecular weight is 425 g/mol. The topological polar surface area (TPSA) is 56.8 Å². The van der Waals surface area contributed by atoms with Crippen molar-refractivity contribution in [1.29, 1.82) is 0 Å². The van der Waals surface area contributed by atoms with Crippen LogP contribution in [-0.4, -0.2) is 71.3 Å². The summed E-state index contributed by atoms with van der Waals surface area (Å²) in [5.41, 5.74) is 2.39. The van der Waals surface area contributed by atoms with Gasteiger partial charge in [-0.3, -0.25) is 14.6 Å². The molecule has 0 N–H and O–H groups in total. The number of piperazine rings is 1. The number of rotatable bonds is 5. The summed E-state index contributed by atoms with van der Waals surface area (Å²) in [6.45, 7) is 3.95. The number of nitrogens with zero attached hydrogens (tertiary/aromatic N) is 4. The zero-order chi connectivity index (χ0) is 21.8. The molecular weight excluding hydrogens is 395 g/mol. The fourth-order valence-corrected chi connectivity index (χ4v) is 4.34. The first-order valence-electron chi connectivity index (χ1n) is 11.0. The number of benzene rings is 1. The van der Waals surface area contributed by atoms with Gasteiger partial charge in [0, 0.05) is 45.3 Å². The molecule has 31 heavy (non-hydrogen) atoms. The zero-order valence-electron chi connectivity index (χ0n) is 18.0. The number of carbonyl (C=O) groups excluding carboxylic acids is 2.